The normalized spacial score (nSPS) is 10.9. The highest BCUT2D eigenvalue weighted by Gasteiger charge is 2.16. The lowest BCUT2D eigenvalue weighted by molar-refractivity contribution is 0.0403. The van der Waals surface area contributed by atoms with Crippen molar-refractivity contribution >= 4 is 16.9 Å². The van der Waals surface area contributed by atoms with Gasteiger partial charge in [0.1, 0.15) is 5.58 Å². The van der Waals surface area contributed by atoms with Gasteiger partial charge < -0.3 is 18.0 Å². The number of nitrogens with zero attached hydrogens (tertiary/aromatic N) is 2. The highest BCUT2D eigenvalue weighted by Crippen LogP contribution is 2.18. The number of hydrogen-bond donors (Lipinski definition) is 0. The number of fused-ring (bicyclic) bond motifs is 1. The molecule has 0 unspecified atom stereocenters. The molecule has 0 fully saturated rings. The summed E-state index contributed by atoms with van der Waals surface area (Å²) in [6.07, 6.45) is 1.47. The first-order valence-corrected chi connectivity index (χ1v) is 7.27. The molecule has 8 nitrogen and oxygen atoms in total. The SMILES string of the molecule is O=C(OCc1nnc(-c2ccco2)o1)c1cc(=O)c2ccccc2o1. The summed E-state index contributed by atoms with van der Waals surface area (Å²) in [5, 5.41) is 7.94. The minimum Gasteiger partial charge on any atom is -0.459 e. The van der Waals surface area contributed by atoms with Crippen LogP contribution in [0.5, 0.6) is 0 Å². The molecule has 0 atom stereocenters. The van der Waals surface area contributed by atoms with Gasteiger partial charge in [-0.15, -0.1) is 10.2 Å². The van der Waals surface area contributed by atoms with Crippen molar-refractivity contribution in [2.75, 3.05) is 0 Å². The van der Waals surface area contributed by atoms with Gasteiger partial charge in [0.15, 0.2) is 17.8 Å². The summed E-state index contributed by atoms with van der Waals surface area (Å²) in [6, 6.07) is 11.1. The average molecular weight is 338 g/mol. The number of hydrogen-bond acceptors (Lipinski definition) is 8. The lowest BCUT2D eigenvalue weighted by atomic mass is 10.2. The van der Waals surface area contributed by atoms with Crippen LogP contribution < -0.4 is 5.43 Å². The van der Waals surface area contributed by atoms with Crippen molar-refractivity contribution < 1.29 is 22.8 Å². The number of carbonyl (C=O) groups excluding carboxylic acids is 1. The number of rotatable bonds is 4. The molecule has 0 saturated heterocycles. The lowest BCUT2D eigenvalue weighted by Crippen LogP contribution is -2.10. The van der Waals surface area contributed by atoms with Crippen LogP contribution in [0.4, 0.5) is 0 Å². The van der Waals surface area contributed by atoms with E-state index in [2.05, 4.69) is 10.2 Å². The van der Waals surface area contributed by atoms with Crippen molar-refractivity contribution in [1.82, 2.24) is 10.2 Å². The molecule has 0 aliphatic heterocycles. The quantitative estimate of drug-likeness (QED) is 0.523. The zero-order chi connectivity index (χ0) is 17.2. The van der Waals surface area contributed by atoms with E-state index in [4.69, 9.17) is 18.0 Å². The van der Waals surface area contributed by atoms with E-state index in [9.17, 15) is 9.59 Å². The van der Waals surface area contributed by atoms with E-state index < -0.39 is 5.97 Å². The lowest BCUT2D eigenvalue weighted by Gasteiger charge is -2.02. The van der Waals surface area contributed by atoms with Crippen molar-refractivity contribution in [1.29, 1.82) is 0 Å². The first-order chi connectivity index (χ1) is 12.2. The Morgan fingerprint density at radius 1 is 1.08 bits per heavy atom. The van der Waals surface area contributed by atoms with Crippen LogP contribution >= 0.6 is 0 Å². The summed E-state index contributed by atoms with van der Waals surface area (Å²) in [5.41, 5.74) is -0.0217. The first-order valence-electron chi connectivity index (χ1n) is 7.27. The smallest absolute Gasteiger partial charge is 0.374 e. The molecule has 4 aromatic rings. The summed E-state index contributed by atoms with van der Waals surface area (Å²) in [5.74, 6) is -0.336. The maximum absolute atomic E-state index is 12.1. The molecule has 0 saturated carbocycles. The molecule has 8 heteroatoms. The fourth-order valence-electron chi connectivity index (χ4n) is 2.21. The minimum atomic E-state index is -0.805. The summed E-state index contributed by atoms with van der Waals surface area (Å²) >= 11 is 0. The van der Waals surface area contributed by atoms with Crippen LogP contribution in [0.3, 0.4) is 0 Å². The molecule has 0 bridgehead atoms. The molecule has 0 radical (unpaired) electrons. The highest BCUT2D eigenvalue weighted by molar-refractivity contribution is 5.88. The second-order valence-corrected chi connectivity index (χ2v) is 5.03. The van der Waals surface area contributed by atoms with E-state index in [1.54, 1.807) is 36.4 Å². The fraction of sp³-hybridized carbons (Fsp3) is 0.0588. The Morgan fingerprint density at radius 2 is 1.96 bits per heavy atom. The maximum atomic E-state index is 12.1. The van der Waals surface area contributed by atoms with E-state index in [0.29, 0.717) is 16.7 Å². The van der Waals surface area contributed by atoms with Gasteiger partial charge in [0, 0.05) is 6.07 Å². The third-order valence-corrected chi connectivity index (χ3v) is 3.36. The molecule has 0 spiro atoms. The number of para-hydroxylation sites is 1. The Kier molecular flexibility index (Phi) is 3.62. The standard InChI is InChI=1S/C17H10N2O6/c20-11-8-14(24-12-5-2-1-4-10(11)12)17(21)23-9-15-18-19-16(25-15)13-6-3-7-22-13/h1-8H,9H2. The molecule has 0 aliphatic carbocycles. The monoisotopic (exact) mass is 338 g/mol. The van der Waals surface area contributed by atoms with Gasteiger partial charge in [-0.05, 0) is 24.3 Å². The molecule has 3 aromatic heterocycles. The Morgan fingerprint density at radius 3 is 2.80 bits per heavy atom. The van der Waals surface area contributed by atoms with Gasteiger partial charge in [0.05, 0.1) is 11.6 Å². The Bertz CT molecular complexity index is 1090. The van der Waals surface area contributed by atoms with Crippen molar-refractivity contribution in [3.63, 3.8) is 0 Å². The van der Waals surface area contributed by atoms with Crippen molar-refractivity contribution in [2.24, 2.45) is 0 Å². The maximum Gasteiger partial charge on any atom is 0.374 e. The Labute approximate surface area is 139 Å². The Hall–Kier alpha value is -3.68. The van der Waals surface area contributed by atoms with Gasteiger partial charge in [-0.25, -0.2) is 4.79 Å². The van der Waals surface area contributed by atoms with Crippen LogP contribution in [-0.2, 0) is 11.3 Å². The van der Waals surface area contributed by atoms with Gasteiger partial charge in [-0.1, -0.05) is 12.1 Å². The molecule has 0 aliphatic rings. The van der Waals surface area contributed by atoms with Gasteiger partial charge in [-0.2, -0.15) is 0 Å². The van der Waals surface area contributed by atoms with E-state index in [1.807, 2.05) is 0 Å². The number of ether oxygens (including phenoxy) is 1. The minimum absolute atomic E-state index is 0.0860. The van der Waals surface area contributed by atoms with Gasteiger partial charge in [-0.3, -0.25) is 4.79 Å². The van der Waals surface area contributed by atoms with Crippen LogP contribution in [-0.4, -0.2) is 16.2 Å². The van der Waals surface area contributed by atoms with Crippen molar-refractivity contribution in [3.8, 4) is 11.7 Å². The van der Waals surface area contributed by atoms with Crippen molar-refractivity contribution in [3.05, 3.63) is 70.6 Å². The molecule has 4 rings (SSSR count). The van der Waals surface area contributed by atoms with E-state index in [1.165, 1.54) is 6.26 Å². The van der Waals surface area contributed by atoms with Crippen LogP contribution in [0, 0.1) is 0 Å². The summed E-state index contributed by atoms with van der Waals surface area (Å²) in [4.78, 5) is 24.1. The van der Waals surface area contributed by atoms with Crippen molar-refractivity contribution in [2.45, 2.75) is 6.61 Å². The van der Waals surface area contributed by atoms with E-state index >= 15 is 0 Å². The number of carbonyl (C=O) groups is 1. The van der Waals surface area contributed by atoms with Gasteiger partial charge in [0.2, 0.25) is 5.76 Å². The molecule has 25 heavy (non-hydrogen) atoms. The number of aromatic nitrogens is 2. The molecular weight excluding hydrogens is 328 g/mol. The van der Waals surface area contributed by atoms with Crippen LogP contribution in [0.15, 0.2) is 66.8 Å². The topological polar surface area (TPSA) is 109 Å². The molecular formula is C17H10N2O6. The predicted octanol–water partition coefficient (Wildman–Crippen LogP) is 2.79. The molecule has 1 aromatic carbocycles. The van der Waals surface area contributed by atoms with Crippen LogP contribution in [0.25, 0.3) is 22.6 Å². The fourth-order valence-corrected chi connectivity index (χ4v) is 2.21. The summed E-state index contributed by atoms with van der Waals surface area (Å²) in [7, 11) is 0. The van der Waals surface area contributed by atoms with Gasteiger partial charge in [0.25, 0.3) is 11.8 Å². The third-order valence-electron chi connectivity index (χ3n) is 3.36. The number of esters is 1. The summed E-state index contributed by atoms with van der Waals surface area (Å²) < 4.78 is 20.9. The summed E-state index contributed by atoms with van der Waals surface area (Å²) in [6.45, 7) is -0.261. The average Bonchev–Trinajstić information content (AvgIpc) is 3.31. The Balaban J connectivity index is 1.50. The zero-order valence-corrected chi connectivity index (χ0v) is 12.7. The van der Waals surface area contributed by atoms with Crippen LogP contribution in [0.2, 0.25) is 0 Å². The molecule has 3 heterocycles. The molecule has 124 valence electrons. The van der Waals surface area contributed by atoms with E-state index in [0.717, 1.165) is 6.07 Å². The zero-order valence-electron chi connectivity index (χ0n) is 12.7. The molecule has 0 amide bonds. The second kappa shape index (κ2) is 6.08. The third kappa shape index (κ3) is 2.92. The number of furan rings is 1. The molecule has 0 N–H and O–H groups in total. The largest absolute Gasteiger partial charge is 0.459 e. The first kappa shape index (κ1) is 14.9. The number of benzene rings is 1. The predicted molar refractivity (Wildman–Crippen MR) is 83.6 cm³/mol. The van der Waals surface area contributed by atoms with Gasteiger partial charge >= 0.3 is 5.97 Å². The van der Waals surface area contributed by atoms with Crippen LogP contribution in [0.1, 0.15) is 16.4 Å². The van der Waals surface area contributed by atoms with E-state index in [-0.39, 0.29) is 29.6 Å². The highest BCUT2D eigenvalue weighted by atomic mass is 16.6. The second-order valence-electron chi connectivity index (χ2n) is 5.03.